The predicted octanol–water partition coefficient (Wildman–Crippen LogP) is 3.76. The molecule has 0 radical (unpaired) electrons. The number of rotatable bonds is 7. The van der Waals surface area contributed by atoms with Gasteiger partial charge in [0, 0.05) is 0 Å². The van der Waals surface area contributed by atoms with Crippen LogP contribution in [0.1, 0.15) is 46.4 Å². The molecule has 0 unspecified atom stereocenters. The molecule has 0 saturated carbocycles. The second-order valence-corrected chi connectivity index (χ2v) is 18.9. The van der Waals surface area contributed by atoms with Crippen molar-refractivity contribution >= 4 is 35.3 Å². The molecule has 2 N–H and O–H groups in total. The Labute approximate surface area is 235 Å². The number of hydrogen-bond donors (Lipinski definition) is 1. The van der Waals surface area contributed by atoms with Gasteiger partial charge in [-0.1, -0.05) is 42.9 Å². The molecule has 0 bridgehead atoms. The van der Waals surface area contributed by atoms with Crippen LogP contribution in [0, 0.1) is 6.92 Å². The van der Waals surface area contributed by atoms with Gasteiger partial charge in [0.25, 0.3) is 10.0 Å². The van der Waals surface area contributed by atoms with Crippen LogP contribution in [-0.2, 0) is 28.8 Å². The van der Waals surface area contributed by atoms with Gasteiger partial charge in [0.05, 0.1) is 17.8 Å². The summed E-state index contributed by atoms with van der Waals surface area (Å²) in [4.78, 5) is 12.9. The second-order valence-electron chi connectivity index (χ2n) is 12.4. The van der Waals surface area contributed by atoms with Gasteiger partial charge in [-0.15, -0.1) is 0 Å². The summed E-state index contributed by atoms with van der Waals surface area (Å²) in [7, 11) is -6.65. The molecule has 14 heteroatoms. The second kappa shape index (κ2) is 9.82. The molecule has 218 valence electrons. The first kappa shape index (κ1) is 29.0. The van der Waals surface area contributed by atoms with E-state index in [1.807, 2.05) is 33.9 Å². The molecule has 2 aromatic heterocycles. The number of aromatic nitrogens is 4. The van der Waals surface area contributed by atoms with Crippen molar-refractivity contribution in [1.29, 1.82) is 0 Å². The number of sulfonamides is 1. The average Bonchev–Trinajstić information content (AvgIpc) is 3.50. The minimum Gasteiger partial charge on any atom is -0.382 e. The summed E-state index contributed by atoms with van der Waals surface area (Å²) in [6, 6.07) is 6.72. The molecule has 2 aliphatic rings. The van der Waals surface area contributed by atoms with Gasteiger partial charge < -0.3 is 24.5 Å². The number of fused-ring (bicyclic) bond motifs is 2. The van der Waals surface area contributed by atoms with Crippen LogP contribution < -0.4 is 5.73 Å². The Bertz CT molecular complexity index is 1500. The number of hydrogen-bond acceptors (Lipinski definition) is 10. The van der Waals surface area contributed by atoms with Gasteiger partial charge in [0.2, 0.25) is 8.32 Å². The molecule has 2 fully saturated rings. The van der Waals surface area contributed by atoms with Gasteiger partial charge in [-0.25, -0.2) is 23.4 Å². The van der Waals surface area contributed by atoms with Crippen molar-refractivity contribution < 1.29 is 27.2 Å². The lowest BCUT2D eigenvalue weighted by atomic mass is 10.1. The summed E-state index contributed by atoms with van der Waals surface area (Å²) in [5.41, 5.74) is 7.88. The van der Waals surface area contributed by atoms with E-state index in [1.54, 1.807) is 35.2 Å². The van der Waals surface area contributed by atoms with E-state index < -0.39 is 48.7 Å². The first-order valence-electron chi connectivity index (χ1n) is 13.2. The highest BCUT2D eigenvalue weighted by Crippen LogP contribution is 2.45. The van der Waals surface area contributed by atoms with E-state index in [0.717, 1.165) is 10.0 Å². The molecule has 0 aliphatic carbocycles. The smallest absolute Gasteiger partial charge is 0.264 e. The van der Waals surface area contributed by atoms with E-state index in [-0.39, 0.29) is 22.3 Å². The maximum Gasteiger partial charge on any atom is 0.264 e. The van der Waals surface area contributed by atoms with Crippen molar-refractivity contribution in [3.8, 4) is 0 Å². The normalized spacial score (nSPS) is 25.1. The monoisotopic (exact) mass is 590 g/mol. The maximum atomic E-state index is 14.0. The van der Waals surface area contributed by atoms with Crippen LogP contribution in [0.5, 0.6) is 0 Å². The molecule has 40 heavy (non-hydrogen) atoms. The Hall–Kier alpha value is -2.46. The lowest BCUT2D eigenvalue weighted by molar-refractivity contribution is -0.200. The number of nitrogens with two attached hydrogens (primary N) is 1. The molecule has 1 aromatic carbocycles. The van der Waals surface area contributed by atoms with Gasteiger partial charge in [0.1, 0.15) is 30.2 Å². The fraction of sp³-hybridized carbons (Fsp3) is 0.577. The van der Waals surface area contributed by atoms with Crippen molar-refractivity contribution in [3.63, 3.8) is 0 Å². The first-order chi connectivity index (χ1) is 18.5. The molecule has 2 aliphatic heterocycles. The third-order valence-corrected chi connectivity index (χ3v) is 13.9. The molecule has 0 spiro atoms. The lowest BCUT2D eigenvalue weighted by Crippen LogP contribution is -2.51. The highest BCUT2D eigenvalue weighted by molar-refractivity contribution is 7.89. The Balaban J connectivity index is 1.53. The number of anilines is 1. The van der Waals surface area contributed by atoms with E-state index >= 15 is 0 Å². The fourth-order valence-electron chi connectivity index (χ4n) is 4.64. The van der Waals surface area contributed by atoms with Crippen LogP contribution in [0.25, 0.3) is 11.2 Å². The number of aryl methyl sites for hydroxylation is 1. The summed E-state index contributed by atoms with van der Waals surface area (Å²) in [6.45, 7) is 15.6. The van der Waals surface area contributed by atoms with Gasteiger partial charge >= 0.3 is 0 Å². The Morgan fingerprint density at radius 1 is 1.10 bits per heavy atom. The molecule has 5 rings (SSSR count). The molecule has 4 heterocycles. The summed E-state index contributed by atoms with van der Waals surface area (Å²) >= 11 is 0. The van der Waals surface area contributed by atoms with Crippen LogP contribution in [0.15, 0.2) is 41.8 Å². The van der Waals surface area contributed by atoms with E-state index in [2.05, 4.69) is 35.7 Å². The third kappa shape index (κ3) is 5.17. The summed E-state index contributed by atoms with van der Waals surface area (Å²) in [5, 5.41) is -0.250. The minimum atomic E-state index is -4.05. The molecule has 4 atom stereocenters. The fourth-order valence-corrected chi connectivity index (χ4v) is 7.50. The summed E-state index contributed by atoms with van der Waals surface area (Å²) in [5.74, 6) is -0.669. The van der Waals surface area contributed by atoms with Gasteiger partial charge in [0.15, 0.2) is 23.5 Å². The number of imidazole rings is 1. The SMILES string of the molecule is Cc1ccc(S(=O)(=O)N(C[C@H]2O[C@@H](n3cnc4c(N)ncnc43)[C@@H]3OC(C)(C)O[C@@H]32)O[Si](C)(C)C(C)(C)C)cc1. The first-order valence-corrected chi connectivity index (χ1v) is 17.6. The number of hydroxylamine groups is 1. The van der Waals surface area contributed by atoms with Crippen molar-refractivity contribution in [2.45, 2.75) is 94.9 Å². The van der Waals surface area contributed by atoms with Gasteiger partial charge in [-0.3, -0.25) is 4.57 Å². The third-order valence-electron chi connectivity index (χ3n) is 7.84. The van der Waals surface area contributed by atoms with E-state index in [4.69, 9.17) is 24.5 Å². The molecular weight excluding hydrogens is 552 g/mol. The Morgan fingerprint density at radius 2 is 1.75 bits per heavy atom. The zero-order valence-corrected chi connectivity index (χ0v) is 26.0. The molecule has 2 saturated heterocycles. The van der Waals surface area contributed by atoms with Gasteiger partial charge in [-0.05, 0) is 51.0 Å². The lowest BCUT2D eigenvalue weighted by Gasteiger charge is -2.40. The van der Waals surface area contributed by atoms with Crippen molar-refractivity contribution in [1.82, 2.24) is 24.0 Å². The number of ether oxygens (including phenoxy) is 3. The number of nitrogen functional groups attached to an aromatic ring is 1. The predicted molar refractivity (Wildman–Crippen MR) is 151 cm³/mol. The van der Waals surface area contributed by atoms with Crippen LogP contribution >= 0.6 is 0 Å². The van der Waals surface area contributed by atoms with E-state index in [0.29, 0.717) is 11.2 Å². The minimum absolute atomic E-state index is 0.108. The van der Waals surface area contributed by atoms with Crippen LogP contribution in [0.4, 0.5) is 5.82 Å². The highest BCUT2D eigenvalue weighted by Gasteiger charge is 2.57. The standard InChI is InChI=1S/C26H38N6O6SSi/c1-16-9-11-17(12-10-16)39(33,34)32(38-40(7,8)25(2,3)4)13-18-20-21(37-26(5,6)36-20)24(35-18)31-15-30-19-22(27)28-14-29-23(19)31/h9-12,14-15,18,20-21,24H,13H2,1-8H3,(H2,27,28,29)/t18-,20-,21-,24-/m1/s1. The molecule has 3 aromatic rings. The topological polar surface area (TPSA) is 144 Å². The quantitative estimate of drug-likeness (QED) is 0.319. The van der Waals surface area contributed by atoms with E-state index in [9.17, 15) is 8.42 Å². The zero-order chi connectivity index (χ0) is 29.3. The average molecular weight is 591 g/mol. The highest BCUT2D eigenvalue weighted by atomic mass is 32.2. The molecule has 12 nitrogen and oxygen atoms in total. The van der Waals surface area contributed by atoms with Crippen LogP contribution in [0.3, 0.4) is 0 Å². The zero-order valence-electron chi connectivity index (χ0n) is 24.2. The number of benzene rings is 1. The Kier molecular flexibility index (Phi) is 7.13. The summed E-state index contributed by atoms with van der Waals surface area (Å²) < 4.78 is 56.4. The van der Waals surface area contributed by atoms with Crippen molar-refractivity contribution in [3.05, 3.63) is 42.5 Å². The van der Waals surface area contributed by atoms with Crippen LogP contribution in [0.2, 0.25) is 18.1 Å². The van der Waals surface area contributed by atoms with Gasteiger partial charge in [-0.2, -0.15) is 0 Å². The number of nitrogens with zero attached hydrogens (tertiary/aromatic N) is 5. The summed E-state index contributed by atoms with van der Waals surface area (Å²) in [6.07, 6.45) is 0.354. The largest absolute Gasteiger partial charge is 0.382 e. The Morgan fingerprint density at radius 3 is 2.40 bits per heavy atom. The maximum absolute atomic E-state index is 14.0. The van der Waals surface area contributed by atoms with Crippen molar-refractivity contribution in [2.24, 2.45) is 0 Å². The van der Waals surface area contributed by atoms with Crippen LogP contribution in [-0.4, -0.2) is 71.4 Å². The van der Waals surface area contributed by atoms with Crippen molar-refractivity contribution in [2.75, 3.05) is 12.3 Å². The molecule has 0 amide bonds. The van der Waals surface area contributed by atoms with E-state index in [1.165, 1.54) is 6.33 Å². The molecular formula is C26H38N6O6SSi.